The minimum Gasteiger partial charge on any atom is -0.459 e. The number of hydrogen-bond acceptors (Lipinski definition) is 16. The molecule has 4 heterocycles. The van der Waals surface area contributed by atoms with Crippen LogP contribution in [0.15, 0.2) is 0 Å². The second-order valence-electron chi connectivity index (χ2n) is 19.8. The first kappa shape index (κ1) is 51.5. The van der Waals surface area contributed by atoms with Crippen LogP contribution in [0.2, 0.25) is 0 Å². The van der Waals surface area contributed by atoms with Gasteiger partial charge in [0.1, 0.15) is 30.0 Å². The Balaban J connectivity index is 1.75. The number of methoxy groups -OCH3 is 1. The molecule has 352 valence electrons. The zero-order valence-electron chi connectivity index (χ0n) is 38.9. The largest absolute Gasteiger partial charge is 0.459 e. The number of likely N-dealkylation sites (N-methyl/N-ethyl adjacent to an activating group) is 2. The maximum Gasteiger partial charge on any atom is 0.311 e. The molecular formula is C44H83N3O13. The summed E-state index contributed by atoms with van der Waals surface area (Å²) in [6.07, 6.45) is -7.28. The number of carbonyl (C=O) groups excluding carboxylic acids is 1. The third-order valence-electron chi connectivity index (χ3n) is 14.3. The molecule has 4 aliphatic rings. The highest BCUT2D eigenvalue weighted by Gasteiger charge is 2.53. The standard InChI is InChI=1S/C44H83N3O13/c1-14-33-44(10,54)37(50)29(6)45(11)22-25(2)20-42(8,53)39(27(4)36(28(5)40(52)58-33)59-34-21-43(9,55-13)38(51)30(7)57-34)60-41-35(49)32(19-26(3)56-41)46(12)23-31(48)24-47-17-15-16-18-47/h25-39,41,48-51,53-54H,14-24H2,1-13H3/t25-,26-,27+,28-,29-,30+,31?,32?,33-,34+,35-,36+,37-,38+,39-,41+,42-,43-,44-/m1/s1. The topological polar surface area (TPSA) is 204 Å². The molecule has 2 unspecified atom stereocenters. The van der Waals surface area contributed by atoms with E-state index in [0.717, 1.165) is 25.9 Å². The number of aliphatic hydroxyl groups is 6. The van der Waals surface area contributed by atoms with Gasteiger partial charge in [-0.15, -0.1) is 0 Å². The number of carbonyl (C=O) groups is 1. The van der Waals surface area contributed by atoms with Crippen LogP contribution < -0.4 is 0 Å². The Kier molecular flexibility index (Phi) is 18.3. The van der Waals surface area contributed by atoms with E-state index in [1.165, 1.54) is 14.0 Å². The molecule has 4 aliphatic heterocycles. The van der Waals surface area contributed by atoms with E-state index < -0.39 is 108 Å². The Morgan fingerprint density at radius 3 is 2.18 bits per heavy atom. The van der Waals surface area contributed by atoms with Crippen molar-refractivity contribution in [3.63, 3.8) is 0 Å². The van der Waals surface area contributed by atoms with Crippen LogP contribution in [-0.4, -0.2) is 202 Å². The van der Waals surface area contributed by atoms with Crippen molar-refractivity contribution >= 4 is 5.97 Å². The number of ether oxygens (including phenoxy) is 6. The summed E-state index contributed by atoms with van der Waals surface area (Å²) >= 11 is 0. The van der Waals surface area contributed by atoms with Gasteiger partial charge in [-0.3, -0.25) is 9.69 Å². The van der Waals surface area contributed by atoms with E-state index in [-0.39, 0.29) is 31.3 Å². The summed E-state index contributed by atoms with van der Waals surface area (Å²) in [5.41, 5.74) is -4.48. The lowest BCUT2D eigenvalue weighted by Crippen LogP contribution is -2.61. The Labute approximate surface area is 359 Å². The molecule has 0 aromatic rings. The summed E-state index contributed by atoms with van der Waals surface area (Å²) in [7, 11) is 5.22. The van der Waals surface area contributed by atoms with Crippen molar-refractivity contribution in [1.29, 1.82) is 0 Å². The average molecular weight is 862 g/mol. The van der Waals surface area contributed by atoms with Gasteiger partial charge in [0.15, 0.2) is 12.6 Å². The van der Waals surface area contributed by atoms with Crippen LogP contribution in [0, 0.1) is 17.8 Å². The van der Waals surface area contributed by atoms with E-state index >= 15 is 0 Å². The van der Waals surface area contributed by atoms with Gasteiger partial charge in [0.2, 0.25) is 0 Å². The lowest BCUT2D eigenvalue weighted by atomic mass is 9.77. The van der Waals surface area contributed by atoms with Gasteiger partial charge < -0.3 is 68.9 Å². The van der Waals surface area contributed by atoms with Crippen molar-refractivity contribution < 1.29 is 63.9 Å². The zero-order valence-corrected chi connectivity index (χ0v) is 38.9. The molecule has 0 radical (unpaired) electrons. The van der Waals surface area contributed by atoms with Crippen molar-refractivity contribution in [2.24, 2.45) is 17.8 Å². The number of nitrogens with zero attached hydrogens (tertiary/aromatic N) is 3. The number of cyclic esters (lactones) is 1. The van der Waals surface area contributed by atoms with Crippen LogP contribution in [0.1, 0.15) is 108 Å². The smallest absolute Gasteiger partial charge is 0.311 e. The second kappa shape index (κ2) is 21.3. The number of aliphatic hydroxyl groups excluding tert-OH is 4. The molecule has 16 heteroatoms. The highest BCUT2D eigenvalue weighted by molar-refractivity contribution is 5.73. The van der Waals surface area contributed by atoms with E-state index in [1.807, 2.05) is 44.7 Å². The highest BCUT2D eigenvalue weighted by atomic mass is 16.7. The normalized spacial score (nSPS) is 46.8. The number of likely N-dealkylation sites (tertiary alicyclic amines) is 1. The van der Waals surface area contributed by atoms with Crippen molar-refractivity contribution in [2.75, 3.05) is 53.9 Å². The lowest BCUT2D eigenvalue weighted by molar-refractivity contribution is -0.318. The van der Waals surface area contributed by atoms with E-state index in [9.17, 15) is 35.4 Å². The Hall–Kier alpha value is -1.09. The predicted molar refractivity (Wildman–Crippen MR) is 225 cm³/mol. The molecule has 4 saturated heterocycles. The van der Waals surface area contributed by atoms with Crippen LogP contribution in [0.3, 0.4) is 0 Å². The van der Waals surface area contributed by atoms with Crippen molar-refractivity contribution in [2.45, 2.75) is 204 Å². The van der Waals surface area contributed by atoms with Crippen LogP contribution in [0.5, 0.6) is 0 Å². The molecule has 19 atom stereocenters. The first-order valence-electron chi connectivity index (χ1n) is 22.5. The number of β-amino-alcohol motifs (C(OH)–C–C–N with tert-alkyl or cyclic N) is 1. The summed E-state index contributed by atoms with van der Waals surface area (Å²) in [4.78, 5) is 20.5. The SMILES string of the molecule is CC[C@H]1OC(=O)[C@H](C)[C@@H](O[C@H]2C[C@@](C)(OC)[C@@H](O)[C@H](C)O2)[C@H](C)[C@@H](O[C@@H]2O[C@H](C)CC(N(C)CC(O)CN3CCCC3)[C@H]2O)[C@](C)(O)C[C@@H](C)CN(C)[C@H](C)[C@@H](O)[C@]1(C)O. The van der Waals surface area contributed by atoms with E-state index in [1.54, 1.807) is 41.5 Å². The molecule has 0 aromatic carbocycles. The Morgan fingerprint density at radius 1 is 0.950 bits per heavy atom. The van der Waals surface area contributed by atoms with Crippen LogP contribution in [0.25, 0.3) is 0 Å². The van der Waals surface area contributed by atoms with Crippen molar-refractivity contribution in [3.05, 3.63) is 0 Å². The van der Waals surface area contributed by atoms with Gasteiger partial charge in [0.05, 0.1) is 47.6 Å². The van der Waals surface area contributed by atoms with Gasteiger partial charge in [0.25, 0.3) is 0 Å². The fourth-order valence-electron chi connectivity index (χ4n) is 10.4. The number of hydrogen-bond donors (Lipinski definition) is 6. The minimum absolute atomic E-state index is 0.112. The van der Waals surface area contributed by atoms with Gasteiger partial charge in [0, 0.05) is 51.2 Å². The maximum atomic E-state index is 14.4. The summed E-state index contributed by atoms with van der Waals surface area (Å²) in [5.74, 6) is -2.72. The molecule has 0 aliphatic carbocycles. The van der Waals surface area contributed by atoms with Gasteiger partial charge >= 0.3 is 5.97 Å². The van der Waals surface area contributed by atoms with Crippen LogP contribution >= 0.6 is 0 Å². The maximum absolute atomic E-state index is 14.4. The predicted octanol–water partition coefficient (Wildman–Crippen LogP) is 1.73. The van der Waals surface area contributed by atoms with Crippen molar-refractivity contribution in [3.8, 4) is 0 Å². The van der Waals surface area contributed by atoms with E-state index in [0.29, 0.717) is 26.1 Å². The summed E-state index contributed by atoms with van der Waals surface area (Å²) in [5, 5.41) is 70.2. The quantitative estimate of drug-likeness (QED) is 0.164. The fourth-order valence-corrected chi connectivity index (χ4v) is 10.4. The number of rotatable bonds is 11. The third kappa shape index (κ3) is 12.2. The molecule has 0 aromatic heterocycles. The first-order chi connectivity index (χ1) is 27.9. The van der Waals surface area contributed by atoms with Gasteiger partial charge in [-0.05, 0) is 114 Å². The van der Waals surface area contributed by atoms with Gasteiger partial charge in [-0.1, -0.05) is 20.8 Å². The van der Waals surface area contributed by atoms with E-state index in [4.69, 9.17) is 28.4 Å². The third-order valence-corrected chi connectivity index (χ3v) is 14.3. The Bertz CT molecular complexity index is 1340. The minimum atomic E-state index is -1.82. The molecule has 0 saturated carbocycles. The average Bonchev–Trinajstić information content (AvgIpc) is 3.68. The molecule has 0 spiro atoms. The summed E-state index contributed by atoms with van der Waals surface area (Å²) in [6, 6.07) is -0.999. The zero-order chi connectivity index (χ0) is 45.1. The Morgan fingerprint density at radius 2 is 1.58 bits per heavy atom. The van der Waals surface area contributed by atoms with Crippen molar-refractivity contribution in [1.82, 2.24) is 14.7 Å². The highest BCUT2D eigenvalue weighted by Crippen LogP contribution is 2.40. The fraction of sp³-hybridized carbons (Fsp3) is 0.977. The molecule has 6 N–H and O–H groups in total. The molecular weight excluding hydrogens is 778 g/mol. The second-order valence-corrected chi connectivity index (χ2v) is 19.8. The molecule has 0 bridgehead atoms. The molecule has 60 heavy (non-hydrogen) atoms. The lowest BCUT2D eigenvalue weighted by Gasteiger charge is -2.49. The first-order valence-corrected chi connectivity index (χ1v) is 22.5. The monoisotopic (exact) mass is 862 g/mol. The molecule has 0 amide bonds. The van der Waals surface area contributed by atoms with Gasteiger partial charge in [-0.25, -0.2) is 0 Å². The summed E-state index contributed by atoms with van der Waals surface area (Å²) in [6.45, 7) is 20.8. The molecule has 4 fully saturated rings. The van der Waals surface area contributed by atoms with Gasteiger partial charge in [-0.2, -0.15) is 0 Å². The van der Waals surface area contributed by atoms with E-state index in [2.05, 4.69) is 4.90 Å². The summed E-state index contributed by atoms with van der Waals surface area (Å²) < 4.78 is 38.0. The molecule has 16 nitrogen and oxygen atoms in total. The number of esters is 1. The van der Waals surface area contributed by atoms with Crippen LogP contribution in [-0.2, 0) is 33.2 Å². The van der Waals surface area contributed by atoms with Crippen LogP contribution in [0.4, 0.5) is 0 Å². The molecule has 4 rings (SSSR count).